The molecule has 0 saturated carbocycles. The van der Waals surface area contributed by atoms with Gasteiger partial charge in [-0.3, -0.25) is 0 Å². The number of aliphatic hydroxyl groups excluding tert-OH is 1. The molecule has 0 amide bonds. The Morgan fingerprint density at radius 3 is 2.88 bits per heavy atom. The van der Waals surface area contributed by atoms with Crippen molar-refractivity contribution in [3.8, 4) is 0 Å². The van der Waals surface area contributed by atoms with E-state index < -0.39 is 0 Å². The molecule has 1 saturated heterocycles. The number of unbranched alkanes of at least 4 members (excludes halogenated alkanes) is 1. The third-order valence-electron chi connectivity index (χ3n) is 3.57. The van der Waals surface area contributed by atoms with Gasteiger partial charge in [-0.25, -0.2) is 0 Å². The summed E-state index contributed by atoms with van der Waals surface area (Å²) in [4.78, 5) is 2.47. The molecule has 2 unspecified atom stereocenters. The summed E-state index contributed by atoms with van der Waals surface area (Å²) >= 11 is 0. The van der Waals surface area contributed by atoms with Crippen LogP contribution in [0.15, 0.2) is 0 Å². The summed E-state index contributed by atoms with van der Waals surface area (Å²) in [6.45, 7) is 7.22. The van der Waals surface area contributed by atoms with Gasteiger partial charge in [-0.05, 0) is 18.8 Å². The zero-order valence-corrected chi connectivity index (χ0v) is 11.2. The summed E-state index contributed by atoms with van der Waals surface area (Å²) < 4.78 is 0. The van der Waals surface area contributed by atoms with E-state index in [9.17, 15) is 0 Å². The summed E-state index contributed by atoms with van der Waals surface area (Å²) in [6, 6.07) is 0.532. The number of nitrogens with one attached hydrogen (secondary N) is 1. The van der Waals surface area contributed by atoms with Crippen molar-refractivity contribution in [3.05, 3.63) is 0 Å². The molecule has 17 heavy (non-hydrogen) atoms. The van der Waals surface area contributed by atoms with Gasteiger partial charge in [-0.2, -0.15) is 0 Å². The van der Waals surface area contributed by atoms with Gasteiger partial charge >= 0.3 is 0 Å². The van der Waals surface area contributed by atoms with Gasteiger partial charge in [-0.1, -0.05) is 19.8 Å². The fourth-order valence-electron chi connectivity index (χ4n) is 2.79. The van der Waals surface area contributed by atoms with E-state index in [2.05, 4.69) is 17.1 Å². The molecule has 0 spiro atoms. The molecular weight excluding hydrogens is 214 g/mol. The SMILES string of the molecule is CCCCC1CC(NCCO)CN(CCN)C1. The van der Waals surface area contributed by atoms with E-state index in [1.54, 1.807) is 0 Å². The van der Waals surface area contributed by atoms with Crippen LogP contribution in [0.1, 0.15) is 32.6 Å². The Kier molecular flexibility index (Phi) is 7.77. The van der Waals surface area contributed by atoms with Crippen molar-refractivity contribution >= 4 is 0 Å². The van der Waals surface area contributed by atoms with Gasteiger partial charge in [0, 0.05) is 38.8 Å². The summed E-state index contributed by atoms with van der Waals surface area (Å²) in [7, 11) is 0. The lowest BCUT2D eigenvalue weighted by atomic mass is 9.90. The molecule has 0 bridgehead atoms. The van der Waals surface area contributed by atoms with E-state index in [0.717, 1.165) is 25.6 Å². The van der Waals surface area contributed by atoms with Crippen LogP contribution in [-0.2, 0) is 0 Å². The standard InChI is InChI=1S/C13H29N3O/c1-2-3-4-12-9-13(15-6-8-17)11-16(10-12)7-5-14/h12-13,15,17H,2-11,14H2,1H3. The molecule has 102 valence electrons. The number of nitrogens with zero attached hydrogens (tertiary/aromatic N) is 1. The lowest BCUT2D eigenvalue weighted by molar-refractivity contribution is 0.134. The fourth-order valence-corrected chi connectivity index (χ4v) is 2.79. The smallest absolute Gasteiger partial charge is 0.0556 e. The number of hydrogen-bond acceptors (Lipinski definition) is 4. The minimum absolute atomic E-state index is 0.229. The second kappa shape index (κ2) is 8.86. The van der Waals surface area contributed by atoms with Crippen LogP contribution in [-0.4, -0.2) is 55.4 Å². The zero-order valence-electron chi connectivity index (χ0n) is 11.2. The number of likely N-dealkylation sites (tertiary alicyclic amines) is 1. The van der Waals surface area contributed by atoms with Gasteiger partial charge < -0.3 is 21.1 Å². The van der Waals surface area contributed by atoms with Crippen molar-refractivity contribution in [2.75, 3.05) is 39.3 Å². The number of piperidine rings is 1. The van der Waals surface area contributed by atoms with Crippen molar-refractivity contribution in [2.24, 2.45) is 11.7 Å². The highest BCUT2D eigenvalue weighted by Crippen LogP contribution is 2.21. The molecule has 4 N–H and O–H groups in total. The molecule has 1 aliphatic rings. The highest BCUT2D eigenvalue weighted by Gasteiger charge is 2.25. The average molecular weight is 243 g/mol. The van der Waals surface area contributed by atoms with Crippen LogP contribution in [0, 0.1) is 5.92 Å². The van der Waals surface area contributed by atoms with Crippen LogP contribution < -0.4 is 11.1 Å². The summed E-state index contributed by atoms with van der Waals surface area (Å²) in [5.74, 6) is 0.798. The fraction of sp³-hybridized carbons (Fsp3) is 1.00. The van der Waals surface area contributed by atoms with Crippen LogP contribution in [0.3, 0.4) is 0 Å². The summed E-state index contributed by atoms with van der Waals surface area (Å²) in [5.41, 5.74) is 5.65. The Morgan fingerprint density at radius 2 is 2.24 bits per heavy atom. The first-order valence-corrected chi connectivity index (χ1v) is 7.06. The molecule has 1 aliphatic heterocycles. The molecular formula is C13H29N3O. The second-order valence-electron chi connectivity index (χ2n) is 5.17. The number of aliphatic hydroxyl groups is 1. The molecule has 1 fully saturated rings. The topological polar surface area (TPSA) is 61.5 Å². The minimum Gasteiger partial charge on any atom is -0.395 e. The first-order valence-electron chi connectivity index (χ1n) is 7.06. The van der Waals surface area contributed by atoms with Crippen LogP contribution >= 0.6 is 0 Å². The van der Waals surface area contributed by atoms with E-state index in [1.165, 1.54) is 32.2 Å². The minimum atomic E-state index is 0.229. The second-order valence-corrected chi connectivity index (χ2v) is 5.17. The van der Waals surface area contributed by atoms with Gasteiger partial charge in [-0.15, -0.1) is 0 Å². The Morgan fingerprint density at radius 1 is 1.41 bits per heavy atom. The van der Waals surface area contributed by atoms with E-state index >= 15 is 0 Å². The lowest BCUT2D eigenvalue weighted by Crippen LogP contribution is -2.50. The maximum absolute atomic E-state index is 8.88. The third kappa shape index (κ3) is 5.82. The molecule has 0 radical (unpaired) electrons. The van der Waals surface area contributed by atoms with Gasteiger partial charge in [0.15, 0.2) is 0 Å². The van der Waals surface area contributed by atoms with Crippen molar-refractivity contribution in [3.63, 3.8) is 0 Å². The van der Waals surface area contributed by atoms with E-state index in [4.69, 9.17) is 10.8 Å². The Labute approximate surface area is 106 Å². The molecule has 2 atom stereocenters. The Bertz CT molecular complexity index is 174. The van der Waals surface area contributed by atoms with E-state index in [-0.39, 0.29) is 6.61 Å². The highest BCUT2D eigenvalue weighted by molar-refractivity contribution is 4.83. The number of hydrogen-bond donors (Lipinski definition) is 3. The highest BCUT2D eigenvalue weighted by atomic mass is 16.3. The van der Waals surface area contributed by atoms with Crippen molar-refractivity contribution in [1.82, 2.24) is 10.2 Å². The summed E-state index contributed by atoms with van der Waals surface area (Å²) in [6.07, 6.45) is 5.19. The van der Waals surface area contributed by atoms with Gasteiger partial charge in [0.25, 0.3) is 0 Å². The van der Waals surface area contributed by atoms with Crippen molar-refractivity contribution < 1.29 is 5.11 Å². The molecule has 1 heterocycles. The maximum atomic E-state index is 8.88. The monoisotopic (exact) mass is 243 g/mol. The first kappa shape index (κ1) is 14.9. The van der Waals surface area contributed by atoms with Crippen molar-refractivity contribution in [1.29, 1.82) is 0 Å². The predicted octanol–water partition coefficient (Wildman–Crippen LogP) is 0.408. The zero-order chi connectivity index (χ0) is 12.5. The molecule has 0 aromatic carbocycles. The van der Waals surface area contributed by atoms with Gasteiger partial charge in [0.05, 0.1) is 6.61 Å². The van der Waals surface area contributed by atoms with Gasteiger partial charge in [0.2, 0.25) is 0 Å². The maximum Gasteiger partial charge on any atom is 0.0556 e. The molecule has 4 heteroatoms. The molecule has 1 rings (SSSR count). The molecule has 0 aromatic rings. The normalized spacial score (nSPS) is 26.3. The van der Waals surface area contributed by atoms with Crippen LogP contribution in [0.2, 0.25) is 0 Å². The van der Waals surface area contributed by atoms with E-state index in [1.807, 2.05) is 0 Å². The van der Waals surface area contributed by atoms with Crippen LogP contribution in [0.5, 0.6) is 0 Å². The Hall–Kier alpha value is -0.160. The van der Waals surface area contributed by atoms with Crippen LogP contribution in [0.25, 0.3) is 0 Å². The summed E-state index contributed by atoms with van der Waals surface area (Å²) in [5, 5.41) is 12.3. The number of nitrogens with two attached hydrogens (primary N) is 1. The third-order valence-corrected chi connectivity index (χ3v) is 3.57. The molecule has 4 nitrogen and oxygen atoms in total. The quantitative estimate of drug-likeness (QED) is 0.578. The lowest BCUT2D eigenvalue weighted by Gasteiger charge is -2.38. The molecule has 0 aliphatic carbocycles. The first-order chi connectivity index (χ1) is 8.30. The Balaban J connectivity index is 2.37. The molecule has 0 aromatic heterocycles. The van der Waals surface area contributed by atoms with Gasteiger partial charge in [0.1, 0.15) is 0 Å². The van der Waals surface area contributed by atoms with Crippen molar-refractivity contribution in [2.45, 2.75) is 38.6 Å². The largest absolute Gasteiger partial charge is 0.395 e. The van der Waals surface area contributed by atoms with Crippen LogP contribution in [0.4, 0.5) is 0 Å². The number of rotatable bonds is 8. The average Bonchev–Trinajstić information content (AvgIpc) is 2.34. The van der Waals surface area contributed by atoms with E-state index in [0.29, 0.717) is 12.6 Å². The predicted molar refractivity (Wildman–Crippen MR) is 72.0 cm³/mol.